The van der Waals surface area contributed by atoms with E-state index in [2.05, 4.69) is 74.6 Å². The van der Waals surface area contributed by atoms with Crippen LogP contribution in [0.5, 0.6) is 0 Å². The number of halogens is 2. The second kappa shape index (κ2) is 15.9. The van der Waals surface area contributed by atoms with Gasteiger partial charge in [0.05, 0.1) is 60.7 Å². The molecule has 59 heavy (non-hydrogen) atoms. The first kappa shape index (κ1) is 40.3. The van der Waals surface area contributed by atoms with Crippen molar-refractivity contribution in [3.63, 3.8) is 0 Å². The Labute approximate surface area is 342 Å². The maximum Gasteiger partial charge on any atom is 0.407 e. The number of allylic oxidation sites excluding steroid dienone is 3. The van der Waals surface area contributed by atoms with E-state index in [-0.39, 0.29) is 29.9 Å². The molecule has 2 fully saturated rings. The molecule has 8 rings (SSSR count). The first-order valence-corrected chi connectivity index (χ1v) is 20.9. The van der Waals surface area contributed by atoms with Crippen LogP contribution in [-0.2, 0) is 19.1 Å². The van der Waals surface area contributed by atoms with Gasteiger partial charge < -0.3 is 39.1 Å². The molecule has 1 aromatic carbocycles. The molecule has 4 aromatic rings. The monoisotopic (exact) mass is 812 g/mol. The number of nitrogens with zero attached hydrogens (tertiary/aromatic N) is 5. The van der Waals surface area contributed by atoms with Gasteiger partial charge >= 0.3 is 6.09 Å². The predicted molar refractivity (Wildman–Crippen MR) is 219 cm³/mol. The highest BCUT2D eigenvalue weighted by Gasteiger charge is 2.50. The number of amides is 3. The van der Waals surface area contributed by atoms with E-state index in [9.17, 15) is 23.2 Å². The van der Waals surface area contributed by atoms with Crippen LogP contribution in [0.4, 0.5) is 13.6 Å². The number of hydrogen-bond donors (Lipinski definition) is 3. The highest BCUT2D eigenvalue weighted by atomic mass is 19.3. The van der Waals surface area contributed by atoms with Gasteiger partial charge in [0.2, 0.25) is 11.8 Å². The van der Waals surface area contributed by atoms with Crippen LogP contribution in [0.1, 0.15) is 127 Å². The minimum absolute atomic E-state index is 0.0338. The Hall–Kier alpha value is -5.47. The van der Waals surface area contributed by atoms with E-state index in [0.29, 0.717) is 18.0 Å². The third-order valence-corrected chi connectivity index (χ3v) is 12.1. The van der Waals surface area contributed by atoms with Crippen LogP contribution >= 0.6 is 0 Å². The number of alkyl halides is 2. The molecule has 6 heterocycles. The number of rotatable bonds is 11. The number of carbonyl (C=O) groups excluding carboxylic acids is 3. The van der Waals surface area contributed by atoms with Gasteiger partial charge in [0.25, 0.3) is 5.92 Å². The quantitative estimate of drug-likeness (QED) is 0.137. The minimum Gasteiger partial charge on any atom is -0.470 e. The predicted octanol–water partition coefficient (Wildman–Crippen LogP) is 8.67. The number of benzene rings is 1. The van der Waals surface area contributed by atoms with Crippen molar-refractivity contribution in [2.75, 3.05) is 20.2 Å². The largest absolute Gasteiger partial charge is 0.470 e. The molecule has 3 aromatic heterocycles. The molecule has 0 bridgehead atoms. The average molecular weight is 813 g/mol. The van der Waals surface area contributed by atoms with Gasteiger partial charge in [0, 0.05) is 42.3 Å². The lowest BCUT2D eigenvalue weighted by Gasteiger charge is -2.33. The molecule has 3 amide bonds. The first-order chi connectivity index (χ1) is 28.2. The number of methoxy groups -OCH3 is 1. The van der Waals surface area contributed by atoms with Gasteiger partial charge in [-0.05, 0) is 67.4 Å². The molecule has 2 saturated heterocycles. The van der Waals surface area contributed by atoms with E-state index in [0.717, 1.165) is 101 Å². The molecule has 0 spiro atoms. The van der Waals surface area contributed by atoms with Crippen LogP contribution in [0, 0.1) is 11.8 Å². The van der Waals surface area contributed by atoms with Gasteiger partial charge in [-0.15, -0.1) is 0 Å². The van der Waals surface area contributed by atoms with Gasteiger partial charge in [-0.1, -0.05) is 47.1 Å². The van der Waals surface area contributed by atoms with Crippen LogP contribution in [0.25, 0.3) is 33.3 Å². The summed E-state index contributed by atoms with van der Waals surface area (Å²) < 4.78 is 43.7. The lowest BCUT2D eigenvalue weighted by molar-refractivity contribution is -0.136. The van der Waals surface area contributed by atoms with E-state index >= 15 is 0 Å². The molecule has 13 nitrogen and oxygen atoms in total. The van der Waals surface area contributed by atoms with Crippen molar-refractivity contribution in [1.29, 1.82) is 0 Å². The van der Waals surface area contributed by atoms with Crippen molar-refractivity contribution < 1.29 is 32.6 Å². The van der Waals surface area contributed by atoms with Crippen molar-refractivity contribution in [3.05, 3.63) is 71.5 Å². The van der Waals surface area contributed by atoms with Crippen molar-refractivity contribution in [2.45, 2.75) is 116 Å². The number of nitrogens with one attached hydrogen (secondary N) is 3. The van der Waals surface area contributed by atoms with Gasteiger partial charge in [0.15, 0.2) is 6.23 Å². The summed E-state index contributed by atoms with van der Waals surface area (Å²) in [5.74, 6) is -1.67. The summed E-state index contributed by atoms with van der Waals surface area (Å²) in [6.07, 6.45) is 9.75. The zero-order valence-electron chi connectivity index (χ0n) is 34.6. The standard InChI is InChI=1S/C44H54F2N8O5/c1-7-9-38-54-32-14-12-26(30-21-48-41(50-30)35-20-44(45,46)23-53(35)42(56)39(25(4)5)51-43(57)58-6)17-28(32)18-34(54)29-13-11-27(19-36(29)59-38)31-22-47-40(49-31)33-10-8-15-52(33)37(55)16-24(2)3/h12,14,17-19,21-22,24-25,33,35,38-39H,7-11,13,15-16,20,23H2,1-6H3,(H,47,49)(H,48,50)(H,51,57). The number of ether oxygens (including phenoxy) is 2. The van der Waals surface area contributed by atoms with E-state index in [1.165, 1.54) is 7.11 Å². The lowest BCUT2D eigenvalue weighted by Crippen LogP contribution is -2.51. The molecule has 4 unspecified atom stereocenters. The van der Waals surface area contributed by atoms with Crippen LogP contribution in [0.2, 0.25) is 0 Å². The van der Waals surface area contributed by atoms with Crippen LogP contribution < -0.4 is 5.32 Å². The Morgan fingerprint density at radius 3 is 2.49 bits per heavy atom. The summed E-state index contributed by atoms with van der Waals surface area (Å²) in [6.45, 7) is 9.74. The Morgan fingerprint density at radius 1 is 1.02 bits per heavy atom. The molecule has 3 aliphatic heterocycles. The number of carbonyl (C=O) groups is 3. The van der Waals surface area contributed by atoms with Crippen molar-refractivity contribution in [3.8, 4) is 11.3 Å². The first-order valence-electron chi connectivity index (χ1n) is 20.9. The third-order valence-electron chi connectivity index (χ3n) is 12.1. The average Bonchev–Trinajstić information content (AvgIpc) is 4.05. The minimum atomic E-state index is -3.13. The van der Waals surface area contributed by atoms with Crippen molar-refractivity contribution in [1.82, 2.24) is 39.6 Å². The molecule has 1 aliphatic carbocycles. The van der Waals surface area contributed by atoms with Gasteiger partial charge in [-0.25, -0.2) is 23.5 Å². The van der Waals surface area contributed by atoms with E-state index < -0.39 is 43.0 Å². The Morgan fingerprint density at radius 2 is 1.76 bits per heavy atom. The number of aromatic amines is 2. The summed E-state index contributed by atoms with van der Waals surface area (Å²) in [6, 6.07) is 6.22. The summed E-state index contributed by atoms with van der Waals surface area (Å²) in [7, 11) is 1.19. The Bertz CT molecular complexity index is 2320. The number of H-pyrrole nitrogens is 2. The molecule has 0 saturated carbocycles. The molecule has 15 heteroatoms. The maximum atomic E-state index is 15.0. The van der Waals surface area contributed by atoms with Crippen LogP contribution in [0.3, 0.4) is 0 Å². The summed E-state index contributed by atoms with van der Waals surface area (Å²) in [5.41, 5.74) is 6.80. The number of hydrogen-bond acceptors (Lipinski definition) is 7. The van der Waals surface area contributed by atoms with Gasteiger partial charge in [-0.3, -0.25) is 9.59 Å². The topological polar surface area (TPSA) is 150 Å². The van der Waals surface area contributed by atoms with Crippen LogP contribution in [0.15, 0.2) is 48.5 Å². The highest BCUT2D eigenvalue weighted by molar-refractivity contribution is 5.91. The number of fused-ring (bicyclic) bond motifs is 4. The molecule has 314 valence electrons. The third kappa shape index (κ3) is 7.75. The summed E-state index contributed by atoms with van der Waals surface area (Å²) >= 11 is 0. The molecule has 4 aliphatic rings. The van der Waals surface area contributed by atoms with Crippen molar-refractivity contribution >= 4 is 40.0 Å². The molecule has 0 radical (unpaired) electrons. The number of alkyl carbamates (subject to hydrolysis) is 1. The van der Waals surface area contributed by atoms with Gasteiger partial charge in [0.1, 0.15) is 23.4 Å². The van der Waals surface area contributed by atoms with Crippen LogP contribution in [-0.4, -0.2) is 84.4 Å². The molecular formula is C44H54F2N8O5. The molecule has 3 N–H and O–H groups in total. The summed E-state index contributed by atoms with van der Waals surface area (Å²) in [5, 5.41) is 3.51. The smallest absolute Gasteiger partial charge is 0.407 e. The van der Waals surface area contributed by atoms with E-state index in [1.807, 2.05) is 17.2 Å². The number of aromatic nitrogens is 5. The van der Waals surface area contributed by atoms with E-state index in [4.69, 9.17) is 9.72 Å². The fourth-order valence-electron chi connectivity index (χ4n) is 9.16. The number of imidazole rings is 2. The Balaban J connectivity index is 1.06. The normalized spacial score (nSPS) is 21.8. The van der Waals surface area contributed by atoms with Crippen molar-refractivity contribution in [2.24, 2.45) is 11.8 Å². The van der Waals surface area contributed by atoms with Gasteiger partial charge in [-0.2, -0.15) is 0 Å². The maximum absolute atomic E-state index is 15.0. The highest BCUT2D eigenvalue weighted by Crippen LogP contribution is 2.46. The zero-order chi connectivity index (χ0) is 41.7. The zero-order valence-corrected chi connectivity index (χ0v) is 34.6. The molecular weight excluding hydrogens is 759 g/mol. The second-order valence-corrected chi connectivity index (χ2v) is 17.2. The van der Waals surface area contributed by atoms with E-state index in [1.54, 1.807) is 20.0 Å². The molecule has 4 atom stereocenters. The Kier molecular flexibility index (Phi) is 10.9. The fourth-order valence-corrected chi connectivity index (χ4v) is 9.16. The second-order valence-electron chi connectivity index (χ2n) is 17.2. The fraction of sp³-hybridized carbons (Fsp3) is 0.523. The summed E-state index contributed by atoms with van der Waals surface area (Å²) in [4.78, 5) is 57.9. The lowest BCUT2D eigenvalue weighted by atomic mass is 9.92. The SMILES string of the molecule is CCCC1OC2=C(CCC(c3cnc(C4CCCN4C(=O)CC(C)C)[nH]3)=C2)c2cc3cc(-c4cnc(C5CC(F)(F)CN5C(=O)C(NC(=O)OC)C(C)C)[nH]4)ccc3n21. The number of likely N-dealkylation sites (tertiary alicyclic amines) is 2.